The summed E-state index contributed by atoms with van der Waals surface area (Å²) in [5.74, 6) is -0.544. The van der Waals surface area contributed by atoms with Gasteiger partial charge in [0.05, 0.1) is 24.8 Å². The van der Waals surface area contributed by atoms with Crippen LogP contribution in [0.2, 0.25) is 0 Å². The molecule has 2 rings (SSSR count). The van der Waals surface area contributed by atoms with Crippen molar-refractivity contribution in [2.75, 3.05) is 47.1 Å². The first-order valence-corrected chi connectivity index (χ1v) is 9.72. The highest BCUT2D eigenvalue weighted by atomic mass is 16.5. The van der Waals surface area contributed by atoms with Crippen molar-refractivity contribution in [1.29, 1.82) is 0 Å². The number of likely N-dealkylation sites (N-methyl/N-ethyl adjacent to an activating group) is 1. The predicted molar refractivity (Wildman–Crippen MR) is 111 cm³/mol. The Morgan fingerprint density at radius 2 is 1.87 bits per heavy atom. The van der Waals surface area contributed by atoms with E-state index in [0.29, 0.717) is 36.4 Å². The van der Waals surface area contributed by atoms with Crippen molar-refractivity contribution in [3.63, 3.8) is 0 Å². The second kappa shape index (κ2) is 11.8. The van der Waals surface area contributed by atoms with Gasteiger partial charge in [-0.25, -0.2) is 0 Å². The molecule has 2 N–H and O–H groups in total. The molecule has 1 atom stereocenters. The number of aryl methyl sites for hydroxylation is 1. The minimum atomic E-state index is -0.770. The van der Waals surface area contributed by atoms with Gasteiger partial charge in [0, 0.05) is 31.9 Å². The first kappa shape index (κ1) is 24.0. The van der Waals surface area contributed by atoms with E-state index in [4.69, 9.17) is 14.2 Å². The third kappa shape index (κ3) is 6.63. The van der Waals surface area contributed by atoms with Crippen LogP contribution in [-0.4, -0.2) is 82.0 Å². The van der Waals surface area contributed by atoms with Gasteiger partial charge in [0.25, 0.3) is 11.8 Å². The number of nitrogens with one attached hydrogen (secondary N) is 2. The molecule has 1 heterocycles. The number of nitrogens with zero attached hydrogens (tertiary/aromatic N) is 1. The molecule has 168 valence electrons. The Bertz CT molecular complexity index is 836. The van der Waals surface area contributed by atoms with Crippen molar-refractivity contribution in [3.05, 3.63) is 35.4 Å². The monoisotopic (exact) mass is 433 g/mol. The molecule has 0 bridgehead atoms. The van der Waals surface area contributed by atoms with Crippen LogP contribution in [0, 0.1) is 6.92 Å². The molecule has 0 spiro atoms. The quantitative estimate of drug-likeness (QED) is 0.250. The molecule has 0 radical (unpaired) electrons. The zero-order valence-corrected chi connectivity index (χ0v) is 17.8. The van der Waals surface area contributed by atoms with E-state index in [-0.39, 0.29) is 31.4 Å². The Morgan fingerprint density at radius 3 is 2.48 bits per heavy atom. The lowest BCUT2D eigenvalue weighted by atomic mass is 10.1. The van der Waals surface area contributed by atoms with Crippen LogP contribution < -0.4 is 20.1 Å². The number of methoxy groups -OCH3 is 1. The van der Waals surface area contributed by atoms with Crippen LogP contribution in [0.4, 0.5) is 0 Å². The van der Waals surface area contributed by atoms with Crippen LogP contribution in [0.1, 0.15) is 15.9 Å². The number of imide groups is 1. The largest absolute Gasteiger partial charge is 0.491 e. The Kier molecular flexibility index (Phi) is 9.16. The minimum absolute atomic E-state index is 0.000885. The highest BCUT2D eigenvalue weighted by molar-refractivity contribution is 6.13. The van der Waals surface area contributed by atoms with Crippen LogP contribution in [0.3, 0.4) is 0 Å². The Balaban J connectivity index is 2.18. The van der Waals surface area contributed by atoms with E-state index in [0.717, 1.165) is 17.1 Å². The molecule has 1 aromatic carbocycles. The van der Waals surface area contributed by atoms with Crippen molar-refractivity contribution < 1.29 is 33.4 Å². The van der Waals surface area contributed by atoms with Crippen LogP contribution in [0.15, 0.2) is 24.3 Å². The summed E-state index contributed by atoms with van der Waals surface area (Å²) < 4.78 is 16.4. The molecule has 0 aliphatic carbocycles. The first-order chi connectivity index (χ1) is 14.9. The second-order valence-electron chi connectivity index (χ2n) is 6.79. The van der Waals surface area contributed by atoms with Crippen molar-refractivity contribution in [3.8, 4) is 11.5 Å². The highest BCUT2D eigenvalue weighted by Crippen LogP contribution is 2.28. The fraction of sp³-hybridized carbons (Fsp3) is 0.429. The number of rotatable bonds is 13. The molecule has 1 aliphatic heterocycles. The molecule has 31 heavy (non-hydrogen) atoms. The van der Waals surface area contributed by atoms with E-state index < -0.39 is 17.9 Å². The number of carbonyl (C=O) groups excluding carboxylic acids is 4. The van der Waals surface area contributed by atoms with E-state index in [1.807, 2.05) is 0 Å². The summed E-state index contributed by atoms with van der Waals surface area (Å²) >= 11 is 0. The normalized spacial score (nSPS) is 14.0. The summed E-state index contributed by atoms with van der Waals surface area (Å²) in [7, 11) is 3.19. The molecule has 0 fully saturated rings. The third-order valence-corrected chi connectivity index (χ3v) is 4.51. The maximum absolute atomic E-state index is 12.1. The number of hydrogen-bond acceptors (Lipinski definition) is 8. The van der Waals surface area contributed by atoms with Gasteiger partial charge in [0.15, 0.2) is 6.29 Å². The van der Waals surface area contributed by atoms with E-state index in [1.54, 1.807) is 33.2 Å². The van der Waals surface area contributed by atoms with Crippen molar-refractivity contribution in [2.24, 2.45) is 0 Å². The zero-order valence-electron chi connectivity index (χ0n) is 17.8. The predicted octanol–water partition coefficient (Wildman–Crippen LogP) is -0.159. The van der Waals surface area contributed by atoms with Crippen LogP contribution in [-0.2, 0) is 19.1 Å². The average molecular weight is 433 g/mol. The standard InChI is InChI=1S/C21H27N3O7/c1-14-8-16(30-7-6-29-3)9-18(17(14)12-25)31-13-15(10-23-19(26)11-22-2)24-20(27)4-5-21(24)28/h4-5,8-9,12,15,22H,6-7,10-11,13H2,1-3H3,(H,23,26). The Hall–Kier alpha value is -3.24. The molecule has 0 aromatic heterocycles. The van der Waals surface area contributed by atoms with Gasteiger partial charge in [0.1, 0.15) is 24.7 Å². The average Bonchev–Trinajstić information content (AvgIpc) is 3.06. The molecule has 10 nitrogen and oxygen atoms in total. The van der Waals surface area contributed by atoms with E-state index in [2.05, 4.69) is 10.6 Å². The lowest BCUT2D eigenvalue weighted by molar-refractivity contribution is -0.140. The number of amides is 3. The smallest absolute Gasteiger partial charge is 0.254 e. The molecule has 1 aromatic rings. The zero-order chi connectivity index (χ0) is 22.8. The topological polar surface area (TPSA) is 123 Å². The number of aldehydes is 1. The number of carbonyl (C=O) groups is 4. The molecule has 0 saturated carbocycles. The van der Waals surface area contributed by atoms with E-state index >= 15 is 0 Å². The number of benzene rings is 1. The molecular formula is C21H27N3O7. The number of hydrogen-bond donors (Lipinski definition) is 2. The minimum Gasteiger partial charge on any atom is -0.491 e. The molecular weight excluding hydrogens is 406 g/mol. The van der Waals surface area contributed by atoms with Crippen LogP contribution in [0.5, 0.6) is 11.5 Å². The summed E-state index contributed by atoms with van der Waals surface area (Å²) in [6, 6.07) is 2.50. The lowest BCUT2D eigenvalue weighted by Crippen LogP contribution is -2.50. The Morgan fingerprint density at radius 1 is 1.16 bits per heavy atom. The highest BCUT2D eigenvalue weighted by Gasteiger charge is 2.32. The van der Waals surface area contributed by atoms with Gasteiger partial charge in [-0.15, -0.1) is 0 Å². The van der Waals surface area contributed by atoms with E-state index in [9.17, 15) is 19.2 Å². The van der Waals surface area contributed by atoms with Crippen LogP contribution in [0.25, 0.3) is 0 Å². The second-order valence-corrected chi connectivity index (χ2v) is 6.79. The summed E-state index contributed by atoms with van der Waals surface area (Å²) in [6.07, 6.45) is 2.99. The van der Waals surface area contributed by atoms with Crippen molar-refractivity contribution >= 4 is 24.0 Å². The summed E-state index contributed by atoms with van der Waals surface area (Å²) in [5, 5.41) is 5.38. The van der Waals surface area contributed by atoms with Gasteiger partial charge in [0.2, 0.25) is 5.91 Å². The maximum atomic E-state index is 12.1. The van der Waals surface area contributed by atoms with Gasteiger partial charge in [-0.2, -0.15) is 0 Å². The summed E-state index contributed by atoms with van der Waals surface area (Å²) in [5.41, 5.74) is 0.975. The molecule has 0 saturated heterocycles. The van der Waals surface area contributed by atoms with Crippen molar-refractivity contribution in [2.45, 2.75) is 13.0 Å². The molecule has 1 aliphatic rings. The molecule has 3 amide bonds. The molecule has 1 unspecified atom stereocenters. The Labute approximate surface area is 180 Å². The van der Waals surface area contributed by atoms with E-state index in [1.165, 1.54) is 0 Å². The SMILES string of the molecule is CNCC(=O)NCC(COc1cc(OCCOC)cc(C)c1C=O)N1C(=O)C=CC1=O. The lowest BCUT2D eigenvalue weighted by Gasteiger charge is -2.27. The third-order valence-electron chi connectivity index (χ3n) is 4.51. The molecule has 10 heteroatoms. The van der Waals surface area contributed by atoms with Gasteiger partial charge >= 0.3 is 0 Å². The first-order valence-electron chi connectivity index (χ1n) is 9.72. The fourth-order valence-electron chi connectivity index (χ4n) is 2.97. The van der Waals surface area contributed by atoms with Gasteiger partial charge in [-0.1, -0.05) is 0 Å². The fourth-order valence-corrected chi connectivity index (χ4v) is 2.97. The van der Waals surface area contributed by atoms with Crippen LogP contribution >= 0.6 is 0 Å². The summed E-state index contributed by atoms with van der Waals surface area (Å²) in [4.78, 5) is 48.7. The number of ether oxygens (including phenoxy) is 3. The van der Waals surface area contributed by atoms with Gasteiger partial charge in [-0.3, -0.25) is 24.1 Å². The van der Waals surface area contributed by atoms with Gasteiger partial charge < -0.3 is 24.8 Å². The maximum Gasteiger partial charge on any atom is 0.254 e. The van der Waals surface area contributed by atoms with Gasteiger partial charge in [-0.05, 0) is 25.6 Å². The van der Waals surface area contributed by atoms with Crippen molar-refractivity contribution in [1.82, 2.24) is 15.5 Å². The summed E-state index contributed by atoms with van der Waals surface area (Å²) in [6.45, 7) is 2.42.